The molecule has 1 fully saturated rings. The lowest BCUT2D eigenvalue weighted by Gasteiger charge is -2.42. The maximum absolute atomic E-state index is 13.1. The van der Waals surface area contributed by atoms with Crippen molar-refractivity contribution in [2.45, 2.75) is 35.7 Å². The first kappa shape index (κ1) is 27.1. The molecular formula is C20H17BCl2F2N4O7S. The van der Waals surface area contributed by atoms with Gasteiger partial charge in [0.1, 0.15) is 24.2 Å². The van der Waals surface area contributed by atoms with Crippen molar-refractivity contribution in [3.05, 3.63) is 66.9 Å². The largest absolute Gasteiger partial charge is 0.507 e. The number of phenols is 1. The maximum Gasteiger partial charge on any atom is 0.349 e. The van der Waals surface area contributed by atoms with Crippen LogP contribution >= 0.6 is 23.2 Å². The molecule has 3 aromatic rings. The molecule has 0 radical (unpaired) electrons. The van der Waals surface area contributed by atoms with Gasteiger partial charge in [-0.15, -0.1) is 0 Å². The van der Waals surface area contributed by atoms with Gasteiger partial charge in [0.2, 0.25) is 10.0 Å². The highest BCUT2D eigenvalue weighted by Gasteiger charge is 2.42. The van der Waals surface area contributed by atoms with Gasteiger partial charge in [-0.1, -0.05) is 23.2 Å². The van der Waals surface area contributed by atoms with Crippen LogP contribution in [0.25, 0.3) is 5.69 Å². The van der Waals surface area contributed by atoms with Crippen LogP contribution in [-0.4, -0.2) is 52.8 Å². The van der Waals surface area contributed by atoms with Crippen molar-refractivity contribution in [3.8, 4) is 22.9 Å². The van der Waals surface area contributed by atoms with E-state index < -0.39 is 55.6 Å². The molecule has 11 nitrogen and oxygen atoms in total. The second-order valence-corrected chi connectivity index (χ2v) is 11.0. The zero-order chi connectivity index (χ0) is 27.3. The number of hydrogen-bond donors (Lipinski definition) is 4. The van der Waals surface area contributed by atoms with Crippen LogP contribution in [-0.2, 0) is 10.0 Å². The minimum absolute atomic E-state index is 0.0900. The lowest BCUT2D eigenvalue weighted by molar-refractivity contribution is 0.0532. The van der Waals surface area contributed by atoms with Gasteiger partial charge in [-0.3, -0.25) is 9.78 Å². The number of hydrogen-bond acceptors (Lipinski definition) is 8. The van der Waals surface area contributed by atoms with Crippen LogP contribution in [0.15, 0.2) is 44.8 Å². The lowest BCUT2D eigenvalue weighted by atomic mass is 9.62. The lowest BCUT2D eigenvalue weighted by Crippen LogP contribution is -2.59. The fraction of sp³-hybridized carbons (Fsp3) is 0.250. The predicted octanol–water partition coefficient (Wildman–Crippen LogP) is 1.43. The maximum atomic E-state index is 13.1. The number of halogens is 4. The highest BCUT2D eigenvalue weighted by atomic mass is 35.5. The summed E-state index contributed by atoms with van der Waals surface area (Å²) in [5.41, 5.74) is -4.71. The van der Waals surface area contributed by atoms with Gasteiger partial charge in [0.25, 0.3) is 12.0 Å². The van der Waals surface area contributed by atoms with Crippen LogP contribution in [0.2, 0.25) is 10.0 Å². The van der Waals surface area contributed by atoms with Crippen molar-refractivity contribution < 1.29 is 32.1 Å². The number of sulfonamides is 1. The average Bonchev–Trinajstić information content (AvgIpc) is 2.75. The van der Waals surface area contributed by atoms with E-state index in [0.717, 1.165) is 24.3 Å². The van der Waals surface area contributed by atoms with E-state index >= 15 is 0 Å². The van der Waals surface area contributed by atoms with Crippen LogP contribution in [0.5, 0.6) is 17.2 Å². The first-order chi connectivity index (χ1) is 17.2. The summed E-state index contributed by atoms with van der Waals surface area (Å²) in [6.07, 6.45) is -3.48. The van der Waals surface area contributed by atoms with Crippen LogP contribution in [0.4, 0.5) is 8.78 Å². The summed E-state index contributed by atoms with van der Waals surface area (Å²) in [5, 5.41) is 22.6. The van der Waals surface area contributed by atoms with Crippen LogP contribution in [0.1, 0.15) is 25.0 Å². The van der Waals surface area contributed by atoms with E-state index in [1.165, 1.54) is 6.07 Å². The molecule has 17 heteroatoms. The molecule has 0 amide bonds. The van der Waals surface area contributed by atoms with E-state index in [4.69, 9.17) is 27.9 Å². The van der Waals surface area contributed by atoms with Crippen molar-refractivity contribution in [2.75, 3.05) is 0 Å². The highest BCUT2D eigenvalue weighted by molar-refractivity contribution is 7.89. The van der Waals surface area contributed by atoms with Crippen molar-refractivity contribution in [3.63, 3.8) is 0 Å². The molecule has 1 aliphatic carbocycles. The van der Waals surface area contributed by atoms with Gasteiger partial charge in [-0.25, -0.2) is 26.7 Å². The average molecular weight is 577 g/mol. The summed E-state index contributed by atoms with van der Waals surface area (Å²) in [7, 11) is -2.61. The van der Waals surface area contributed by atoms with Gasteiger partial charge in [0.15, 0.2) is 11.4 Å². The predicted molar refractivity (Wildman–Crippen MR) is 130 cm³/mol. The Morgan fingerprint density at radius 1 is 1.22 bits per heavy atom. The van der Waals surface area contributed by atoms with Gasteiger partial charge in [0, 0.05) is 11.5 Å². The molecule has 37 heavy (non-hydrogen) atoms. The van der Waals surface area contributed by atoms with Gasteiger partial charge in [-0.05, 0) is 37.1 Å². The van der Waals surface area contributed by atoms with E-state index in [9.17, 15) is 37.0 Å². The SMILES string of the molecule is B[C@]1(NS(=O)(=O)c2cc(Oc3c(Cl)cc(-n4nc(C(F)F)c(=O)[nH]c4=O)cc3Cl)ccc2O)C[C@@H](O)C1. The first-order valence-electron chi connectivity index (χ1n) is 10.4. The van der Waals surface area contributed by atoms with Gasteiger partial charge < -0.3 is 14.9 Å². The third-order valence-electron chi connectivity index (χ3n) is 5.48. The number of phenolic OH excluding ortho intramolecular Hbond substituents is 1. The van der Waals surface area contributed by atoms with Crippen molar-refractivity contribution in [2.24, 2.45) is 0 Å². The number of alkyl halides is 2. The summed E-state index contributed by atoms with van der Waals surface area (Å²) in [5.74, 6) is -0.836. The molecule has 0 aliphatic heterocycles. The molecule has 2 aromatic carbocycles. The number of aromatic nitrogens is 3. The quantitative estimate of drug-likeness (QED) is 0.307. The topological polar surface area (TPSA) is 164 Å². The second kappa shape index (κ2) is 9.72. The van der Waals surface area contributed by atoms with Gasteiger partial charge in [-0.2, -0.15) is 9.78 Å². The number of aliphatic hydroxyl groups excluding tert-OH is 1. The van der Waals surface area contributed by atoms with E-state index in [-0.39, 0.29) is 40.1 Å². The Kier molecular flexibility index (Phi) is 7.11. The molecule has 4 rings (SSSR count). The van der Waals surface area contributed by atoms with Crippen molar-refractivity contribution >= 4 is 41.1 Å². The van der Waals surface area contributed by atoms with E-state index in [1.807, 2.05) is 0 Å². The number of benzene rings is 2. The number of ether oxygens (including phenoxy) is 1. The van der Waals surface area contributed by atoms with Crippen LogP contribution < -0.4 is 20.7 Å². The summed E-state index contributed by atoms with van der Waals surface area (Å²) in [6, 6.07) is 5.56. The molecule has 0 unspecified atom stereocenters. The molecule has 196 valence electrons. The Hall–Kier alpha value is -2.98. The molecule has 0 saturated heterocycles. The summed E-state index contributed by atoms with van der Waals surface area (Å²) >= 11 is 12.5. The molecule has 1 aliphatic rings. The molecule has 1 aromatic heterocycles. The van der Waals surface area contributed by atoms with Gasteiger partial charge >= 0.3 is 5.69 Å². The number of H-pyrrole nitrogens is 1. The smallest absolute Gasteiger partial charge is 0.349 e. The number of nitrogens with one attached hydrogen (secondary N) is 2. The zero-order valence-corrected chi connectivity index (χ0v) is 21.0. The molecule has 4 N–H and O–H groups in total. The molecule has 0 atom stereocenters. The molecule has 1 heterocycles. The minimum atomic E-state index is -4.22. The molecule has 1 saturated carbocycles. The zero-order valence-electron chi connectivity index (χ0n) is 18.7. The number of rotatable bonds is 7. The normalized spacial score (nSPS) is 19.6. The first-order valence-corrected chi connectivity index (χ1v) is 12.7. The Labute approximate surface area is 218 Å². The summed E-state index contributed by atoms with van der Waals surface area (Å²) in [4.78, 5) is 24.9. The summed E-state index contributed by atoms with van der Waals surface area (Å²) < 4.78 is 60.4. The monoisotopic (exact) mass is 576 g/mol. The number of nitrogens with zero attached hydrogens (tertiary/aromatic N) is 2. The molecule has 0 spiro atoms. The minimum Gasteiger partial charge on any atom is -0.507 e. The van der Waals surface area contributed by atoms with Crippen molar-refractivity contribution in [1.29, 1.82) is 0 Å². The Bertz CT molecular complexity index is 1590. The second-order valence-electron chi connectivity index (χ2n) is 8.56. The number of aliphatic hydroxyl groups is 1. The standard InChI is InChI=1S/C20H17BCl2F2N4O7S/c21-20(6-9(30)7-20)28-37(34,35)14-5-10(1-2-13(14)31)36-16-11(22)3-8(4-12(16)23)29-19(33)26-18(32)15(27-29)17(24)25/h1-5,9,17,28,30-31H,6-7,21H2,(H,26,32,33)/t9-,20+. The molecule has 0 bridgehead atoms. The van der Waals surface area contributed by atoms with Gasteiger partial charge in [0.05, 0.1) is 21.8 Å². The molecular weight excluding hydrogens is 560 g/mol. The van der Waals surface area contributed by atoms with Crippen molar-refractivity contribution in [1.82, 2.24) is 19.5 Å². The van der Waals surface area contributed by atoms with Crippen LogP contribution in [0, 0.1) is 0 Å². The Morgan fingerprint density at radius 3 is 2.41 bits per heavy atom. The third-order valence-corrected chi connectivity index (χ3v) is 7.71. The number of aromatic amines is 1. The van der Waals surface area contributed by atoms with Crippen LogP contribution in [0.3, 0.4) is 0 Å². The Morgan fingerprint density at radius 2 is 1.84 bits per heavy atom. The van der Waals surface area contributed by atoms with E-state index in [1.54, 1.807) is 12.8 Å². The number of aromatic hydroxyl groups is 1. The Balaban J connectivity index is 1.66. The van der Waals surface area contributed by atoms with E-state index in [2.05, 4.69) is 9.82 Å². The van der Waals surface area contributed by atoms with E-state index in [0.29, 0.717) is 4.68 Å². The fourth-order valence-corrected chi connectivity index (χ4v) is 5.92. The fourth-order valence-electron chi connectivity index (χ4n) is 3.83. The highest BCUT2D eigenvalue weighted by Crippen LogP contribution is 2.40. The third kappa shape index (κ3) is 5.50. The summed E-state index contributed by atoms with van der Waals surface area (Å²) in [6.45, 7) is 0.